The number of carbonyl (C=O) groups excluding carboxylic acids is 1. The third-order valence-electron chi connectivity index (χ3n) is 18.4. The van der Waals surface area contributed by atoms with Gasteiger partial charge in [0.05, 0.1) is 105 Å². The number of benzene rings is 1. The molecule has 21 N–H and O–H groups in total. The van der Waals surface area contributed by atoms with Gasteiger partial charge >= 0.3 is 0 Å². The third kappa shape index (κ3) is 18.2. The van der Waals surface area contributed by atoms with Gasteiger partial charge in [0.2, 0.25) is 0 Å². The fourth-order valence-corrected chi connectivity index (χ4v) is 12.9. The second-order valence-corrected chi connectivity index (χ2v) is 25.0. The molecule has 101 heavy (non-hydrogen) atoms. The summed E-state index contributed by atoms with van der Waals surface area (Å²) < 4.78 is 116. The summed E-state index contributed by atoms with van der Waals surface area (Å²) in [4.78, 5) is 14.7. The van der Waals surface area contributed by atoms with Crippen LogP contribution in [0.3, 0.4) is 0 Å². The topological polar surface area (TPSA) is 618 Å². The molecule has 0 spiro atoms. The van der Waals surface area contributed by atoms with Crippen LogP contribution < -0.4 is 14.8 Å². The second kappa shape index (κ2) is 37.1. The Morgan fingerprint density at radius 2 is 0.515 bits per heavy atom. The molecule has 0 saturated carbocycles. The van der Waals surface area contributed by atoms with Crippen molar-refractivity contribution in [1.82, 2.24) is 5.32 Å². The third-order valence-corrected chi connectivity index (χ3v) is 18.4. The van der Waals surface area contributed by atoms with E-state index >= 15 is 0 Å². The number of hydrogen-bond acceptors (Lipinski definition) is 41. The van der Waals surface area contributed by atoms with Gasteiger partial charge in [0.15, 0.2) is 55.5 Å². The first-order valence-corrected chi connectivity index (χ1v) is 32.9. The van der Waals surface area contributed by atoms with Crippen molar-refractivity contribution in [2.75, 3.05) is 112 Å². The van der Waals surface area contributed by atoms with E-state index in [1.807, 2.05) is 0 Å². The molecule has 21 saturated heterocycles. The van der Waals surface area contributed by atoms with Gasteiger partial charge in [0.1, 0.15) is 178 Å². The van der Waals surface area contributed by atoms with Gasteiger partial charge < -0.3 is 202 Å². The van der Waals surface area contributed by atoms with Crippen LogP contribution in [0.25, 0.3) is 0 Å². The van der Waals surface area contributed by atoms with E-state index in [0.717, 1.165) is 0 Å². The summed E-state index contributed by atoms with van der Waals surface area (Å²) in [6.07, 6.45) is -70.3. The summed E-state index contributed by atoms with van der Waals surface area (Å²) in [7, 11) is 0. The number of nitrogens with one attached hydrogen (secondary N) is 1. The first-order valence-electron chi connectivity index (χ1n) is 32.9. The Bertz CT molecular complexity index is 2650. The molecule has 21 fully saturated rings. The lowest BCUT2D eigenvalue weighted by Gasteiger charge is -2.50. The maximum absolute atomic E-state index is 14.7. The van der Waals surface area contributed by atoms with E-state index in [0.29, 0.717) is 13.2 Å². The highest BCUT2D eigenvalue weighted by atomic mass is 16.8. The number of hydrogen-bond donors (Lipinski definition) is 21. The smallest absolute Gasteiger partial charge is 0.251 e. The van der Waals surface area contributed by atoms with Crippen LogP contribution in [0.15, 0.2) is 18.2 Å². The van der Waals surface area contributed by atoms with Crippen LogP contribution in [-0.4, -0.2) is 435 Å². The number of amides is 1. The molecule has 23 rings (SSSR count). The lowest BCUT2D eigenvalue weighted by Crippen LogP contribution is -2.70. The molecule has 580 valence electrons. The highest BCUT2D eigenvalue weighted by molar-refractivity contribution is 5.95. The highest BCUT2D eigenvalue weighted by Crippen LogP contribution is 2.40. The quantitative estimate of drug-likeness (QED) is 0.109. The summed E-state index contributed by atoms with van der Waals surface area (Å²) in [5.41, 5.74) is -0.192. The van der Waals surface area contributed by atoms with E-state index in [-0.39, 0.29) is 69.9 Å². The van der Waals surface area contributed by atoms with E-state index in [4.69, 9.17) is 94.7 Å². The van der Waals surface area contributed by atoms with Gasteiger partial charge in [-0.2, -0.15) is 0 Å². The summed E-state index contributed by atoms with van der Waals surface area (Å²) in [6.45, 7) is -6.01. The number of aliphatic hydroxyl groups excluding tert-OH is 20. The van der Waals surface area contributed by atoms with E-state index in [1.54, 1.807) is 0 Å². The van der Waals surface area contributed by atoms with Gasteiger partial charge in [-0.3, -0.25) is 4.79 Å². The Hall–Kier alpha value is -3.23. The van der Waals surface area contributed by atoms with Gasteiger partial charge in [0.25, 0.3) is 5.91 Å². The molecule has 42 heteroatoms. The molecule has 1 aromatic rings. The zero-order valence-electron chi connectivity index (χ0n) is 54.0. The van der Waals surface area contributed by atoms with Crippen molar-refractivity contribution in [1.29, 1.82) is 0 Å². The average molecular weight is 1470 g/mol. The Kier molecular flexibility index (Phi) is 29.5. The van der Waals surface area contributed by atoms with Crippen LogP contribution >= 0.6 is 0 Å². The van der Waals surface area contributed by atoms with E-state index in [1.165, 1.54) is 18.2 Å². The maximum atomic E-state index is 14.7. The number of fused-ring (bicyclic) bond motifs is 1. The van der Waals surface area contributed by atoms with E-state index in [2.05, 4.69) is 5.32 Å². The largest absolute Gasteiger partial charge is 0.487 e. The van der Waals surface area contributed by atoms with Crippen molar-refractivity contribution >= 4 is 5.91 Å². The van der Waals surface area contributed by atoms with Crippen LogP contribution in [0.5, 0.6) is 11.5 Å². The molecule has 1 amide bonds. The molecule has 42 nitrogen and oxygen atoms in total. The van der Waals surface area contributed by atoms with Gasteiger partial charge in [-0.15, -0.1) is 0 Å². The van der Waals surface area contributed by atoms with Gasteiger partial charge in [-0.25, -0.2) is 0 Å². The molecule has 0 aliphatic carbocycles. The average Bonchev–Trinajstić information content (AvgIpc) is 0.850. The Labute approximate surface area is 574 Å². The second-order valence-electron chi connectivity index (χ2n) is 25.0. The van der Waals surface area contributed by atoms with Gasteiger partial charge in [-0.1, -0.05) is 0 Å². The van der Waals surface area contributed by atoms with Crippen LogP contribution in [-0.2, 0) is 85.3 Å². The van der Waals surface area contributed by atoms with Crippen LogP contribution in [0.1, 0.15) is 10.4 Å². The standard InChI is InChI=1S/C59H93NO41/c61-14-24-45-31(60-52(81)21-1-2-22-23(13-21)87-12-10-85-8-6-83-4-3-82-5-7-84-9-11-86-22)32(68)53(88-24)96-46-25(15-62)90-55(40(76)34(46)70)98-48-27(17-64)92-57(42(78)36(48)72)100-50-29(19-66)94-59(44(80)38(50)74)101-51-30(20-67)93-58(43(79)37(51)73)99-49-28(18-65)91-56(41(77)35(49)71)97-47-26(16-63)89-54(95-45)39(75)33(47)69/h1-2,13,24-51,53-59,61-80H,3-12,14-20H2,(H,60,81)/t24-,25-,26-,27-,28-,29-,30-,31+,32+,33-,34-,35-,36-,37-,38-,39-,40-,41-,42-,43-,44-,45-,46-,47-,48-,49-,50-,51-,53-,54-,55-,56-,57-,58-,59-/m1/s1. The minimum Gasteiger partial charge on any atom is -0.487 e. The molecule has 14 bridgehead atoms. The fraction of sp³-hybridized carbons (Fsp3) is 0.881. The lowest BCUT2D eigenvalue weighted by atomic mass is 9.93. The highest BCUT2D eigenvalue weighted by Gasteiger charge is 2.60. The lowest BCUT2D eigenvalue weighted by molar-refractivity contribution is -0.396. The van der Waals surface area contributed by atoms with Crippen molar-refractivity contribution in [2.24, 2.45) is 0 Å². The van der Waals surface area contributed by atoms with Crippen molar-refractivity contribution in [3.63, 3.8) is 0 Å². The molecule has 1 aromatic carbocycles. The maximum Gasteiger partial charge on any atom is 0.251 e. The number of aliphatic hydroxyl groups is 20. The molecule has 0 aromatic heterocycles. The monoisotopic (exact) mass is 1470 g/mol. The molecule has 35 atom stereocenters. The summed E-state index contributed by atoms with van der Waals surface area (Å²) in [5.74, 6) is -0.887. The Morgan fingerprint density at radius 3 is 0.782 bits per heavy atom. The normalized spacial score (nSPS) is 46.9. The molecular formula is C59H93NO41. The predicted octanol–water partition coefficient (Wildman–Crippen LogP) is -14.0. The van der Waals surface area contributed by atoms with E-state index in [9.17, 15) is 107 Å². The SMILES string of the molecule is O=C(N[C@H]1[C@H](O)[C@H]2O[C@H]3[C@H](O)[C@@H](O)[C@@H](O[C@H]4[C@H](O)[C@@H](O)[C@@H](O[C@H]5[C@H](O)[C@@H](O)[C@@H](O[C@H]6[C@H](O)[C@@H](O)[C@@H](O[C@H]7[C@H](O)[C@@H](O)[C@@H](O[C@H]8[C@H](O)[C@@H](O)[C@@H](O[C@@H]1[C@@H](CO)O2)O[C@@H]8CO)O[C@@H]7CO)O[C@@H]6CO)O[C@@H]5CO)O[C@@H]4CO)O[C@@H]3CO)c1ccc2c(c1)OCCOCCOCCOCCOCCO2. The first kappa shape index (κ1) is 80.3. The molecule has 0 radical (unpaired) electrons. The number of carbonyl (C=O) groups is 1. The van der Waals surface area contributed by atoms with E-state index < -0.39 is 267 Å². The Morgan fingerprint density at radius 1 is 0.287 bits per heavy atom. The van der Waals surface area contributed by atoms with Crippen LogP contribution in [0, 0.1) is 0 Å². The fourth-order valence-electron chi connectivity index (χ4n) is 12.9. The summed E-state index contributed by atoms with van der Waals surface area (Å²) >= 11 is 0. The number of ether oxygens (including phenoxy) is 20. The van der Waals surface area contributed by atoms with Crippen LogP contribution in [0.4, 0.5) is 0 Å². The number of rotatable bonds is 9. The molecular weight excluding hydrogens is 1380 g/mol. The van der Waals surface area contributed by atoms with Crippen molar-refractivity contribution in [3.8, 4) is 11.5 Å². The minimum absolute atomic E-state index is 0.00407. The summed E-state index contributed by atoms with van der Waals surface area (Å²) in [6, 6.07) is 1.99. The van der Waals surface area contributed by atoms with Crippen molar-refractivity contribution < 1.29 is 202 Å². The molecule has 22 heterocycles. The zero-order valence-corrected chi connectivity index (χ0v) is 54.0. The van der Waals surface area contributed by atoms with Crippen molar-refractivity contribution in [3.05, 3.63) is 23.8 Å². The minimum atomic E-state index is -2.32. The molecule has 0 unspecified atom stereocenters. The Balaban J connectivity index is 0.957. The zero-order chi connectivity index (χ0) is 72.5. The predicted molar refractivity (Wildman–Crippen MR) is 314 cm³/mol. The van der Waals surface area contributed by atoms with Crippen LogP contribution in [0.2, 0.25) is 0 Å². The molecule has 22 aliphatic rings. The first-order chi connectivity index (χ1) is 48.6. The van der Waals surface area contributed by atoms with Gasteiger partial charge in [-0.05, 0) is 18.2 Å². The van der Waals surface area contributed by atoms with Crippen molar-refractivity contribution in [2.45, 2.75) is 215 Å². The van der Waals surface area contributed by atoms with Gasteiger partial charge in [0, 0.05) is 5.56 Å². The molecule has 22 aliphatic heterocycles. The summed E-state index contributed by atoms with van der Waals surface area (Å²) in [5, 5.41) is 229.